The van der Waals surface area contributed by atoms with Crippen LogP contribution in [0.2, 0.25) is 0 Å². The van der Waals surface area contributed by atoms with Gasteiger partial charge in [-0.25, -0.2) is 9.59 Å². The molecule has 0 fully saturated rings. The van der Waals surface area contributed by atoms with Gasteiger partial charge in [-0.2, -0.15) is 0 Å². The van der Waals surface area contributed by atoms with Crippen molar-refractivity contribution in [2.45, 2.75) is 57.1 Å². The normalized spacial score (nSPS) is 13.2. The molecular formula is C13H22Cl2O5. The lowest BCUT2D eigenvalue weighted by molar-refractivity contribution is -0.164. The first-order valence-electron chi connectivity index (χ1n) is 6.63. The fourth-order valence-corrected chi connectivity index (χ4v) is 1.75. The third kappa shape index (κ3) is 5.46. The lowest BCUT2D eigenvalue weighted by Gasteiger charge is -2.28. The van der Waals surface area contributed by atoms with Crippen molar-refractivity contribution in [2.24, 2.45) is 0 Å². The largest absolute Gasteiger partial charge is 0.464 e. The maximum atomic E-state index is 12.0. The minimum Gasteiger partial charge on any atom is -0.464 e. The Hall–Kier alpha value is -0.520. The number of rotatable bonds is 9. The first-order valence-corrected chi connectivity index (χ1v) is 7.44. The highest BCUT2D eigenvalue weighted by atomic mass is 35.5. The summed E-state index contributed by atoms with van der Waals surface area (Å²) >= 11 is 12.1. The Morgan fingerprint density at radius 1 is 1.05 bits per heavy atom. The van der Waals surface area contributed by atoms with Crippen LogP contribution in [0.25, 0.3) is 0 Å². The summed E-state index contributed by atoms with van der Waals surface area (Å²) in [5, 5.41) is 0. The molecule has 0 aromatic rings. The number of alkyl halides is 2. The van der Waals surface area contributed by atoms with Crippen molar-refractivity contribution in [3.8, 4) is 0 Å². The van der Waals surface area contributed by atoms with Crippen molar-refractivity contribution in [1.29, 1.82) is 0 Å². The maximum absolute atomic E-state index is 12.0. The molecule has 1 unspecified atom stereocenters. The van der Waals surface area contributed by atoms with E-state index in [4.69, 9.17) is 37.4 Å². The van der Waals surface area contributed by atoms with Gasteiger partial charge in [0.2, 0.25) is 0 Å². The van der Waals surface area contributed by atoms with E-state index in [2.05, 4.69) is 0 Å². The van der Waals surface area contributed by atoms with E-state index in [-0.39, 0.29) is 19.3 Å². The number of esters is 2. The minimum absolute atomic E-state index is 0.139. The fourth-order valence-electron chi connectivity index (χ4n) is 1.20. The SMILES string of the molecule is CCCOC(=O)C(Cl)(C(=O)OCCC)C(Cl)OC(C)C. The molecule has 0 amide bonds. The average Bonchev–Trinajstić information content (AvgIpc) is 2.39. The van der Waals surface area contributed by atoms with Gasteiger partial charge >= 0.3 is 11.9 Å². The number of hydrogen-bond donors (Lipinski definition) is 0. The van der Waals surface area contributed by atoms with Crippen LogP contribution in [0, 0.1) is 0 Å². The van der Waals surface area contributed by atoms with Crippen LogP contribution < -0.4 is 0 Å². The van der Waals surface area contributed by atoms with Crippen LogP contribution in [-0.2, 0) is 23.8 Å². The van der Waals surface area contributed by atoms with Gasteiger partial charge in [-0.05, 0) is 26.7 Å². The standard InChI is InChI=1S/C13H22Cl2O5/c1-5-7-18-11(16)13(15,10(14)20-9(3)4)12(17)19-8-6-2/h9-10H,5-8H2,1-4H3. The second kappa shape index (κ2) is 9.42. The van der Waals surface area contributed by atoms with E-state index in [0.717, 1.165) is 0 Å². The van der Waals surface area contributed by atoms with Gasteiger partial charge in [0.15, 0.2) is 5.56 Å². The molecule has 0 radical (unpaired) electrons. The van der Waals surface area contributed by atoms with Gasteiger partial charge in [0.25, 0.3) is 4.87 Å². The third-order valence-electron chi connectivity index (χ3n) is 2.17. The average molecular weight is 329 g/mol. The zero-order chi connectivity index (χ0) is 15.8. The van der Waals surface area contributed by atoms with Crippen molar-refractivity contribution in [3.05, 3.63) is 0 Å². The van der Waals surface area contributed by atoms with E-state index in [1.165, 1.54) is 0 Å². The highest BCUT2D eigenvalue weighted by Crippen LogP contribution is 2.30. The molecule has 0 heterocycles. The molecule has 5 nitrogen and oxygen atoms in total. The van der Waals surface area contributed by atoms with Crippen LogP contribution in [0.5, 0.6) is 0 Å². The van der Waals surface area contributed by atoms with Crippen molar-refractivity contribution in [1.82, 2.24) is 0 Å². The number of hydrogen-bond acceptors (Lipinski definition) is 5. The molecule has 0 bridgehead atoms. The Labute approximate surface area is 129 Å². The summed E-state index contributed by atoms with van der Waals surface area (Å²) in [6, 6.07) is 0. The van der Waals surface area contributed by atoms with Crippen LogP contribution in [-0.4, -0.2) is 41.7 Å². The van der Waals surface area contributed by atoms with Crippen molar-refractivity contribution >= 4 is 35.1 Å². The van der Waals surface area contributed by atoms with Gasteiger partial charge in [0, 0.05) is 0 Å². The molecule has 0 rings (SSSR count). The van der Waals surface area contributed by atoms with Gasteiger partial charge in [-0.3, -0.25) is 0 Å². The molecule has 0 aromatic heterocycles. The molecule has 7 heteroatoms. The lowest BCUT2D eigenvalue weighted by atomic mass is 10.1. The Kier molecular flexibility index (Phi) is 9.18. The van der Waals surface area contributed by atoms with E-state index in [1.807, 2.05) is 13.8 Å². The van der Waals surface area contributed by atoms with Gasteiger partial charge < -0.3 is 14.2 Å². The molecule has 118 valence electrons. The summed E-state index contributed by atoms with van der Waals surface area (Å²) in [5.74, 6) is -1.91. The summed E-state index contributed by atoms with van der Waals surface area (Å²) < 4.78 is 15.1. The Morgan fingerprint density at radius 3 is 1.75 bits per heavy atom. The zero-order valence-corrected chi connectivity index (χ0v) is 13.8. The van der Waals surface area contributed by atoms with Gasteiger partial charge in [0.05, 0.1) is 19.3 Å². The molecule has 0 aliphatic heterocycles. The molecule has 0 saturated carbocycles. The Morgan fingerprint density at radius 2 is 1.45 bits per heavy atom. The zero-order valence-electron chi connectivity index (χ0n) is 12.3. The number of ether oxygens (including phenoxy) is 3. The van der Waals surface area contributed by atoms with Crippen LogP contribution >= 0.6 is 23.2 Å². The Balaban J connectivity index is 5.09. The summed E-state index contributed by atoms with van der Waals surface area (Å²) in [5.41, 5.74) is -1.38. The van der Waals surface area contributed by atoms with Crippen LogP contribution in [0.1, 0.15) is 40.5 Å². The molecule has 0 spiro atoms. The molecular weight excluding hydrogens is 307 g/mol. The van der Waals surface area contributed by atoms with E-state index in [9.17, 15) is 9.59 Å². The summed E-state index contributed by atoms with van der Waals surface area (Å²) in [4.78, 5) is 21.9. The predicted octanol–water partition coefficient (Wildman–Crippen LogP) is 2.86. The summed E-state index contributed by atoms with van der Waals surface area (Å²) in [6.07, 6.45) is 0.884. The van der Waals surface area contributed by atoms with E-state index in [0.29, 0.717) is 12.8 Å². The predicted molar refractivity (Wildman–Crippen MR) is 76.9 cm³/mol. The van der Waals surface area contributed by atoms with Crippen molar-refractivity contribution < 1.29 is 23.8 Å². The molecule has 0 aromatic carbocycles. The lowest BCUT2D eigenvalue weighted by Crippen LogP contribution is -2.52. The summed E-state index contributed by atoms with van der Waals surface area (Å²) in [7, 11) is 0. The van der Waals surface area contributed by atoms with Crippen molar-refractivity contribution in [3.63, 3.8) is 0 Å². The van der Waals surface area contributed by atoms with E-state index in [1.54, 1.807) is 13.8 Å². The molecule has 0 aliphatic rings. The van der Waals surface area contributed by atoms with Gasteiger partial charge in [-0.15, -0.1) is 0 Å². The third-order valence-corrected chi connectivity index (χ3v) is 3.22. The first-order chi connectivity index (χ1) is 9.30. The Bertz CT molecular complexity index is 300. The second-order valence-corrected chi connectivity index (χ2v) is 5.48. The van der Waals surface area contributed by atoms with Crippen molar-refractivity contribution in [2.75, 3.05) is 13.2 Å². The minimum atomic E-state index is -2.20. The highest BCUT2D eigenvalue weighted by molar-refractivity contribution is 6.49. The van der Waals surface area contributed by atoms with Crippen LogP contribution in [0.3, 0.4) is 0 Å². The molecule has 1 atom stereocenters. The van der Waals surface area contributed by atoms with Crippen LogP contribution in [0.4, 0.5) is 0 Å². The maximum Gasteiger partial charge on any atom is 0.343 e. The fraction of sp³-hybridized carbons (Fsp3) is 0.846. The monoisotopic (exact) mass is 328 g/mol. The quantitative estimate of drug-likeness (QED) is 0.370. The van der Waals surface area contributed by atoms with Gasteiger partial charge in [-0.1, -0.05) is 37.0 Å². The topological polar surface area (TPSA) is 61.8 Å². The number of carbonyl (C=O) groups excluding carboxylic acids is 2. The smallest absolute Gasteiger partial charge is 0.343 e. The first kappa shape index (κ1) is 19.5. The molecule has 20 heavy (non-hydrogen) atoms. The van der Waals surface area contributed by atoms with E-state index < -0.39 is 22.4 Å². The molecule has 0 saturated heterocycles. The van der Waals surface area contributed by atoms with E-state index >= 15 is 0 Å². The second-order valence-electron chi connectivity index (χ2n) is 4.48. The number of carbonyl (C=O) groups is 2. The van der Waals surface area contributed by atoms with Gasteiger partial charge in [0.1, 0.15) is 0 Å². The number of halogens is 2. The summed E-state index contributed by atoms with van der Waals surface area (Å²) in [6.45, 7) is 7.34. The highest BCUT2D eigenvalue weighted by Gasteiger charge is 2.55. The molecule has 0 aliphatic carbocycles. The van der Waals surface area contributed by atoms with Crippen LogP contribution in [0.15, 0.2) is 0 Å². The molecule has 0 N–H and O–H groups in total.